The van der Waals surface area contributed by atoms with Crippen LogP contribution in [0.1, 0.15) is 0 Å². The van der Waals surface area contributed by atoms with Gasteiger partial charge in [0.15, 0.2) is 0 Å². The zero-order chi connectivity index (χ0) is 17.7. The van der Waals surface area contributed by atoms with Crippen LogP contribution in [-0.2, 0) is 4.52 Å². The van der Waals surface area contributed by atoms with Crippen LogP contribution in [0, 0.1) is 5.41 Å². The first kappa shape index (κ1) is 19.0. The Kier molecular flexibility index (Phi) is 5.73. The first-order valence-corrected chi connectivity index (χ1v) is 9.56. The van der Waals surface area contributed by atoms with E-state index in [0.717, 1.165) is 0 Å². The molecule has 0 aliphatic rings. The van der Waals surface area contributed by atoms with Gasteiger partial charge in [-0.1, -0.05) is 0 Å². The summed E-state index contributed by atoms with van der Waals surface area (Å²) < 4.78 is 5.59. The van der Waals surface area contributed by atoms with Crippen molar-refractivity contribution in [2.24, 2.45) is 5.41 Å². The fourth-order valence-corrected chi connectivity index (χ4v) is 4.77. The van der Waals surface area contributed by atoms with E-state index in [0.29, 0.717) is 0 Å². The molecule has 5 N–H and O–H groups in total. The average molecular weight is 354 g/mol. The van der Waals surface area contributed by atoms with Gasteiger partial charge in [-0.05, 0) is 0 Å². The molecule has 0 heterocycles. The summed E-state index contributed by atoms with van der Waals surface area (Å²) in [6.07, 6.45) is 0. The third-order valence-corrected chi connectivity index (χ3v) is 7.14. The summed E-state index contributed by atoms with van der Waals surface area (Å²) in [5.41, 5.74) is -1.38. The Hall–Kier alpha value is -1.37. The van der Waals surface area contributed by atoms with Crippen molar-refractivity contribution in [3.63, 3.8) is 0 Å². The van der Waals surface area contributed by atoms with Gasteiger partial charge in [0.1, 0.15) is 0 Å². The Morgan fingerprint density at radius 3 is 1.42 bits per heavy atom. The molecule has 0 saturated heterocycles. The maximum atomic E-state index is 11.3. The minimum atomic E-state index is -4.99. The topological polar surface area (TPSA) is 110 Å². The Morgan fingerprint density at radius 1 is 0.708 bits per heavy atom. The van der Waals surface area contributed by atoms with Crippen LogP contribution in [0.3, 0.4) is 0 Å². The van der Waals surface area contributed by atoms with E-state index in [4.69, 9.17) is 4.52 Å². The first-order chi connectivity index (χ1) is 11.4. The predicted octanol–water partition coefficient (Wildman–Crippen LogP) is -0.0998. The molecule has 0 aliphatic carbocycles. The molecule has 0 aliphatic heterocycles. The van der Waals surface area contributed by atoms with Crippen molar-refractivity contribution in [1.82, 2.24) is 0 Å². The molecule has 2 aromatic rings. The monoisotopic (exact) mass is 354 g/mol. The second-order valence-electron chi connectivity index (χ2n) is 5.87. The van der Waals surface area contributed by atoms with E-state index in [9.17, 15) is 25.1 Å². The SMILES string of the molecule is OCC(CO)(CO)COP(O)(O)(c1ccccc1)c1ccccc1. The summed E-state index contributed by atoms with van der Waals surface area (Å²) in [7, 11) is -4.99. The van der Waals surface area contributed by atoms with E-state index < -0.39 is 39.1 Å². The van der Waals surface area contributed by atoms with Crippen LogP contribution < -0.4 is 10.6 Å². The zero-order valence-corrected chi connectivity index (χ0v) is 14.1. The number of aliphatic hydroxyl groups excluding tert-OH is 3. The van der Waals surface area contributed by atoms with Gasteiger partial charge < -0.3 is 0 Å². The second-order valence-corrected chi connectivity index (χ2v) is 9.05. The molecule has 132 valence electrons. The Bertz CT molecular complexity index is 591. The average Bonchev–Trinajstić information content (AvgIpc) is 2.65. The van der Waals surface area contributed by atoms with E-state index in [-0.39, 0.29) is 10.6 Å². The van der Waals surface area contributed by atoms with Crippen molar-refractivity contribution in [2.75, 3.05) is 26.4 Å². The molecule has 0 saturated carbocycles. The number of benzene rings is 2. The quantitative estimate of drug-likeness (QED) is 0.424. The van der Waals surface area contributed by atoms with Gasteiger partial charge in [0, 0.05) is 0 Å². The Balaban J connectivity index is 2.49. The Morgan fingerprint density at radius 2 is 1.08 bits per heavy atom. The van der Waals surface area contributed by atoms with Gasteiger partial charge in [-0.2, -0.15) is 0 Å². The summed E-state index contributed by atoms with van der Waals surface area (Å²) >= 11 is 0. The van der Waals surface area contributed by atoms with Crippen molar-refractivity contribution in [1.29, 1.82) is 0 Å². The molecule has 2 aromatic carbocycles. The molecule has 0 bridgehead atoms. The first-order valence-electron chi connectivity index (χ1n) is 7.50. The molecule has 24 heavy (non-hydrogen) atoms. The van der Waals surface area contributed by atoms with Gasteiger partial charge in [-0.3, -0.25) is 0 Å². The summed E-state index contributed by atoms with van der Waals surface area (Å²) in [6.45, 7) is -2.10. The molecule has 0 atom stereocenters. The molecule has 0 radical (unpaired) electrons. The molecule has 0 fully saturated rings. The summed E-state index contributed by atoms with van der Waals surface area (Å²) in [5, 5.41) is 28.7. The molecule has 7 heteroatoms. The summed E-state index contributed by atoms with van der Waals surface area (Å²) in [5.74, 6) is 0. The molecule has 0 aromatic heterocycles. The molecule has 0 unspecified atom stereocenters. The molecule has 0 spiro atoms. The van der Waals surface area contributed by atoms with Crippen LogP contribution >= 0.6 is 7.28 Å². The van der Waals surface area contributed by atoms with Crippen molar-refractivity contribution in [3.05, 3.63) is 60.7 Å². The van der Waals surface area contributed by atoms with Crippen molar-refractivity contribution >= 4 is 17.9 Å². The standard InChI is InChI=1S/C17H23O6P/c18-11-17(12-19,13-20)14-23-24(21,22,15-7-3-1-4-8-15)16-9-5-2-6-10-16/h1-10,18-22H,11-14H2. The number of aliphatic hydroxyl groups is 3. The van der Waals surface area contributed by atoms with E-state index >= 15 is 0 Å². The number of rotatable bonds is 8. The summed E-state index contributed by atoms with van der Waals surface area (Å²) in [6, 6.07) is 16.3. The number of hydrogen-bond acceptors (Lipinski definition) is 6. The number of hydrogen-bond donors (Lipinski definition) is 5. The van der Waals surface area contributed by atoms with Crippen molar-refractivity contribution < 1.29 is 29.6 Å². The van der Waals surface area contributed by atoms with Crippen LogP contribution in [0.15, 0.2) is 60.7 Å². The van der Waals surface area contributed by atoms with Crippen LogP contribution in [-0.4, -0.2) is 51.5 Å². The van der Waals surface area contributed by atoms with Crippen LogP contribution in [0.25, 0.3) is 0 Å². The Labute approximate surface area is 140 Å². The van der Waals surface area contributed by atoms with E-state index in [1.54, 1.807) is 60.7 Å². The van der Waals surface area contributed by atoms with E-state index in [1.807, 2.05) is 0 Å². The second kappa shape index (κ2) is 7.25. The van der Waals surface area contributed by atoms with Crippen LogP contribution in [0.5, 0.6) is 0 Å². The van der Waals surface area contributed by atoms with Gasteiger partial charge in [0.2, 0.25) is 0 Å². The summed E-state index contributed by atoms with van der Waals surface area (Å²) in [4.78, 5) is 22.6. The molecular weight excluding hydrogens is 331 g/mol. The minimum absolute atomic E-state index is 0.192. The van der Waals surface area contributed by atoms with Gasteiger partial charge in [-0.25, -0.2) is 0 Å². The van der Waals surface area contributed by atoms with Crippen molar-refractivity contribution in [3.8, 4) is 0 Å². The molecule has 2 rings (SSSR count). The predicted molar refractivity (Wildman–Crippen MR) is 93.2 cm³/mol. The molecule has 0 amide bonds. The van der Waals surface area contributed by atoms with Crippen LogP contribution in [0.2, 0.25) is 0 Å². The maximum absolute atomic E-state index is 11.3. The fraction of sp³-hybridized carbons (Fsp3) is 0.294. The van der Waals surface area contributed by atoms with Gasteiger partial charge in [-0.15, -0.1) is 0 Å². The van der Waals surface area contributed by atoms with Crippen LogP contribution in [0.4, 0.5) is 0 Å². The molecule has 6 nitrogen and oxygen atoms in total. The van der Waals surface area contributed by atoms with Gasteiger partial charge in [0.25, 0.3) is 0 Å². The van der Waals surface area contributed by atoms with E-state index in [1.165, 1.54) is 0 Å². The fourth-order valence-electron chi connectivity index (χ4n) is 2.24. The molecular formula is C17H23O6P. The third kappa shape index (κ3) is 3.50. The van der Waals surface area contributed by atoms with Gasteiger partial charge >= 0.3 is 140 Å². The van der Waals surface area contributed by atoms with Crippen molar-refractivity contribution in [2.45, 2.75) is 0 Å². The zero-order valence-electron chi connectivity index (χ0n) is 13.2. The van der Waals surface area contributed by atoms with E-state index in [2.05, 4.69) is 0 Å². The normalized spacial score (nSPS) is 14.1. The van der Waals surface area contributed by atoms with Gasteiger partial charge in [0.05, 0.1) is 0 Å². The third-order valence-electron chi connectivity index (χ3n) is 4.06.